The summed E-state index contributed by atoms with van der Waals surface area (Å²) in [5.74, 6) is 0.0913. The second-order valence-electron chi connectivity index (χ2n) is 5.57. The van der Waals surface area contributed by atoms with Crippen LogP contribution in [0.15, 0.2) is 0 Å². The van der Waals surface area contributed by atoms with Crippen molar-refractivity contribution < 1.29 is 9.59 Å². The fourth-order valence-corrected chi connectivity index (χ4v) is 3.24. The van der Waals surface area contributed by atoms with Crippen molar-refractivity contribution in [3.63, 3.8) is 0 Å². The molecule has 96 valence electrons. The Morgan fingerprint density at radius 3 is 2.47 bits per heavy atom. The van der Waals surface area contributed by atoms with E-state index in [0.29, 0.717) is 6.42 Å². The number of piperazine rings is 1. The maximum Gasteiger partial charge on any atom is 0.245 e. The Morgan fingerprint density at radius 2 is 1.94 bits per heavy atom. The lowest BCUT2D eigenvalue weighted by Crippen LogP contribution is -2.67. The van der Waals surface area contributed by atoms with Gasteiger partial charge in [0, 0.05) is 5.54 Å². The zero-order valence-electron chi connectivity index (χ0n) is 11.0. The van der Waals surface area contributed by atoms with Crippen LogP contribution in [0.4, 0.5) is 0 Å². The van der Waals surface area contributed by atoms with Crippen molar-refractivity contribution in [1.29, 1.82) is 0 Å². The predicted molar refractivity (Wildman–Crippen MR) is 65.4 cm³/mol. The van der Waals surface area contributed by atoms with Gasteiger partial charge in [0.05, 0.1) is 0 Å². The molecular weight excluding hydrogens is 216 g/mol. The van der Waals surface area contributed by atoms with E-state index in [1.807, 2.05) is 11.8 Å². The van der Waals surface area contributed by atoms with Crippen LogP contribution >= 0.6 is 0 Å². The summed E-state index contributed by atoms with van der Waals surface area (Å²) in [7, 11) is 0. The SMILES string of the molecule is CCC1C(=O)NC(C)C(=O)N1C1(C)CCCC1. The lowest BCUT2D eigenvalue weighted by molar-refractivity contribution is -0.156. The molecular formula is C13H22N2O2. The molecule has 0 aromatic carbocycles. The van der Waals surface area contributed by atoms with Gasteiger partial charge in [0.2, 0.25) is 11.8 Å². The van der Waals surface area contributed by atoms with Crippen LogP contribution < -0.4 is 5.32 Å². The normalized spacial score (nSPS) is 32.8. The molecule has 0 aromatic rings. The molecule has 4 nitrogen and oxygen atoms in total. The van der Waals surface area contributed by atoms with Gasteiger partial charge in [0.1, 0.15) is 12.1 Å². The van der Waals surface area contributed by atoms with E-state index in [9.17, 15) is 9.59 Å². The third-order valence-corrected chi connectivity index (χ3v) is 4.23. The maximum absolute atomic E-state index is 12.3. The Labute approximate surface area is 103 Å². The van der Waals surface area contributed by atoms with Crippen molar-refractivity contribution in [2.24, 2.45) is 0 Å². The van der Waals surface area contributed by atoms with Crippen LogP contribution in [0, 0.1) is 0 Å². The number of rotatable bonds is 2. The van der Waals surface area contributed by atoms with Crippen LogP contribution in [0.3, 0.4) is 0 Å². The molecule has 2 rings (SSSR count). The highest BCUT2D eigenvalue weighted by molar-refractivity contribution is 5.97. The second kappa shape index (κ2) is 4.31. The maximum atomic E-state index is 12.3. The first kappa shape index (κ1) is 12.4. The highest BCUT2D eigenvalue weighted by atomic mass is 16.2. The molecule has 2 atom stereocenters. The summed E-state index contributed by atoms with van der Waals surface area (Å²) in [4.78, 5) is 26.2. The fraction of sp³-hybridized carbons (Fsp3) is 0.846. The summed E-state index contributed by atoms with van der Waals surface area (Å²) in [5.41, 5.74) is -0.107. The van der Waals surface area contributed by atoms with Gasteiger partial charge in [-0.3, -0.25) is 9.59 Å². The average molecular weight is 238 g/mol. The van der Waals surface area contributed by atoms with E-state index in [1.54, 1.807) is 6.92 Å². The van der Waals surface area contributed by atoms with Gasteiger partial charge in [-0.1, -0.05) is 19.8 Å². The first-order valence-electron chi connectivity index (χ1n) is 6.63. The number of nitrogens with zero attached hydrogens (tertiary/aromatic N) is 1. The number of nitrogens with one attached hydrogen (secondary N) is 1. The predicted octanol–water partition coefficient (Wildman–Crippen LogP) is 1.44. The van der Waals surface area contributed by atoms with Crippen LogP contribution in [0.5, 0.6) is 0 Å². The van der Waals surface area contributed by atoms with Crippen molar-refractivity contribution in [1.82, 2.24) is 10.2 Å². The molecule has 1 saturated heterocycles. The summed E-state index contributed by atoms with van der Waals surface area (Å²) in [6.45, 7) is 5.88. The van der Waals surface area contributed by atoms with E-state index in [1.165, 1.54) is 0 Å². The summed E-state index contributed by atoms with van der Waals surface area (Å²) in [6.07, 6.45) is 5.06. The third-order valence-electron chi connectivity index (χ3n) is 4.23. The number of carbonyl (C=O) groups excluding carboxylic acids is 2. The van der Waals surface area contributed by atoms with Crippen LogP contribution in [0.2, 0.25) is 0 Å². The minimum Gasteiger partial charge on any atom is -0.343 e. The molecule has 1 heterocycles. The van der Waals surface area contributed by atoms with Gasteiger partial charge in [-0.2, -0.15) is 0 Å². The highest BCUT2D eigenvalue weighted by Crippen LogP contribution is 2.38. The molecule has 2 aliphatic rings. The monoisotopic (exact) mass is 238 g/mol. The fourth-order valence-electron chi connectivity index (χ4n) is 3.24. The number of hydrogen-bond acceptors (Lipinski definition) is 2. The van der Waals surface area contributed by atoms with Gasteiger partial charge in [-0.25, -0.2) is 0 Å². The van der Waals surface area contributed by atoms with Crippen molar-refractivity contribution in [3.05, 3.63) is 0 Å². The van der Waals surface area contributed by atoms with Crippen LogP contribution in [-0.2, 0) is 9.59 Å². The van der Waals surface area contributed by atoms with Crippen molar-refractivity contribution >= 4 is 11.8 Å². The summed E-state index contributed by atoms with van der Waals surface area (Å²) in [5, 5.41) is 2.77. The molecule has 4 heteroatoms. The molecule has 0 bridgehead atoms. The first-order chi connectivity index (χ1) is 7.99. The lowest BCUT2D eigenvalue weighted by Gasteiger charge is -2.47. The molecule has 1 saturated carbocycles. The van der Waals surface area contributed by atoms with Crippen LogP contribution in [0.25, 0.3) is 0 Å². The molecule has 0 aromatic heterocycles. The molecule has 0 radical (unpaired) electrons. The minimum atomic E-state index is -0.372. The highest BCUT2D eigenvalue weighted by Gasteiger charge is 2.47. The van der Waals surface area contributed by atoms with E-state index >= 15 is 0 Å². The molecule has 2 unspecified atom stereocenters. The van der Waals surface area contributed by atoms with Gasteiger partial charge in [-0.05, 0) is 33.1 Å². The topological polar surface area (TPSA) is 49.4 Å². The molecule has 2 fully saturated rings. The van der Waals surface area contributed by atoms with Gasteiger partial charge in [-0.15, -0.1) is 0 Å². The van der Waals surface area contributed by atoms with Gasteiger partial charge in [0.25, 0.3) is 0 Å². The van der Waals surface area contributed by atoms with Crippen LogP contribution in [0.1, 0.15) is 52.9 Å². The molecule has 0 spiro atoms. The number of amides is 2. The molecule has 1 aliphatic carbocycles. The zero-order valence-corrected chi connectivity index (χ0v) is 11.0. The van der Waals surface area contributed by atoms with E-state index < -0.39 is 0 Å². The van der Waals surface area contributed by atoms with Crippen LogP contribution in [-0.4, -0.2) is 34.3 Å². The first-order valence-corrected chi connectivity index (χ1v) is 6.63. The third kappa shape index (κ3) is 1.94. The zero-order chi connectivity index (χ0) is 12.6. The average Bonchev–Trinajstić information content (AvgIpc) is 2.71. The molecule has 1 aliphatic heterocycles. The van der Waals surface area contributed by atoms with Crippen molar-refractivity contribution in [2.45, 2.75) is 70.5 Å². The number of hydrogen-bond donors (Lipinski definition) is 1. The second-order valence-corrected chi connectivity index (χ2v) is 5.57. The van der Waals surface area contributed by atoms with E-state index in [2.05, 4.69) is 12.2 Å². The summed E-state index contributed by atoms with van der Waals surface area (Å²) in [6, 6.07) is -0.649. The Hall–Kier alpha value is -1.06. The van der Waals surface area contributed by atoms with Crippen molar-refractivity contribution in [2.75, 3.05) is 0 Å². The Morgan fingerprint density at radius 1 is 1.35 bits per heavy atom. The van der Waals surface area contributed by atoms with E-state index in [0.717, 1.165) is 25.7 Å². The number of carbonyl (C=O) groups is 2. The van der Waals surface area contributed by atoms with Gasteiger partial charge < -0.3 is 10.2 Å². The Bertz CT molecular complexity index is 334. The Balaban J connectivity index is 2.31. The lowest BCUT2D eigenvalue weighted by atomic mass is 9.91. The molecule has 2 amide bonds. The van der Waals surface area contributed by atoms with Crippen molar-refractivity contribution in [3.8, 4) is 0 Å². The smallest absolute Gasteiger partial charge is 0.245 e. The van der Waals surface area contributed by atoms with E-state index in [-0.39, 0.29) is 29.4 Å². The molecule has 1 N–H and O–H groups in total. The largest absolute Gasteiger partial charge is 0.343 e. The van der Waals surface area contributed by atoms with Gasteiger partial charge >= 0.3 is 0 Å². The van der Waals surface area contributed by atoms with E-state index in [4.69, 9.17) is 0 Å². The summed E-state index contributed by atoms with van der Waals surface area (Å²) >= 11 is 0. The summed E-state index contributed by atoms with van der Waals surface area (Å²) < 4.78 is 0. The standard InChI is InChI=1S/C13H22N2O2/c1-4-10-11(16)14-9(2)12(17)15(10)13(3)7-5-6-8-13/h9-10H,4-8H2,1-3H3,(H,14,16). The minimum absolute atomic E-state index is 0.00715. The Kier molecular flexibility index (Phi) is 3.15. The molecule has 17 heavy (non-hydrogen) atoms. The quantitative estimate of drug-likeness (QED) is 0.791. The van der Waals surface area contributed by atoms with Gasteiger partial charge in [0.15, 0.2) is 0 Å².